The van der Waals surface area contributed by atoms with Crippen molar-refractivity contribution in [3.63, 3.8) is 0 Å². The monoisotopic (exact) mass is 425 g/mol. The first-order chi connectivity index (χ1) is 14.6. The molecule has 158 valence electrons. The molecule has 0 atom stereocenters. The highest BCUT2D eigenvalue weighted by Crippen LogP contribution is 2.23. The molecule has 2 amide bonds. The average molecular weight is 426 g/mol. The lowest BCUT2D eigenvalue weighted by atomic mass is 9.89. The van der Waals surface area contributed by atoms with Gasteiger partial charge in [0.25, 0.3) is 5.91 Å². The highest BCUT2D eigenvalue weighted by atomic mass is 32.1. The molecule has 0 saturated heterocycles. The summed E-state index contributed by atoms with van der Waals surface area (Å²) < 4.78 is 1.83. The second-order valence-electron chi connectivity index (χ2n) is 7.81. The number of rotatable bonds is 7. The summed E-state index contributed by atoms with van der Waals surface area (Å²) >= 11 is 1.67. The number of thiophene rings is 1. The number of hydrogen-bond donors (Lipinski definition) is 2. The van der Waals surface area contributed by atoms with E-state index in [0.29, 0.717) is 30.8 Å². The second kappa shape index (κ2) is 9.38. The van der Waals surface area contributed by atoms with Gasteiger partial charge in [0.15, 0.2) is 5.65 Å². The molecule has 0 aromatic carbocycles. The van der Waals surface area contributed by atoms with Gasteiger partial charge >= 0.3 is 0 Å². The maximum Gasteiger partial charge on any atom is 0.252 e. The Morgan fingerprint density at radius 3 is 2.77 bits per heavy atom. The molecule has 3 aromatic heterocycles. The Morgan fingerprint density at radius 1 is 1.20 bits per heavy atom. The van der Waals surface area contributed by atoms with Crippen molar-refractivity contribution >= 4 is 34.2 Å². The summed E-state index contributed by atoms with van der Waals surface area (Å²) in [5.41, 5.74) is 2.04. The summed E-state index contributed by atoms with van der Waals surface area (Å²) in [4.78, 5) is 30.8. The molecule has 3 aromatic rings. The molecule has 30 heavy (non-hydrogen) atoms. The van der Waals surface area contributed by atoms with Crippen LogP contribution < -0.4 is 10.6 Å². The smallest absolute Gasteiger partial charge is 0.252 e. The fraction of sp³-hybridized carbons (Fsp3) is 0.455. The summed E-state index contributed by atoms with van der Waals surface area (Å²) in [5, 5.41) is 13.1. The number of aromatic nitrogens is 3. The van der Waals surface area contributed by atoms with Crippen LogP contribution in [0.3, 0.4) is 0 Å². The predicted molar refractivity (Wildman–Crippen MR) is 118 cm³/mol. The van der Waals surface area contributed by atoms with Gasteiger partial charge in [0.2, 0.25) is 5.91 Å². The van der Waals surface area contributed by atoms with E-state index in [1.807, 2.05) is 23.1 Å². The Bertz CT molecular complexity index is 1020. The molecule has 7 nitrogen and oxygen atoms in total. The molecule has 3 heterocycles. The van der Waals surface area contributed by atoms with Crippen LogP contribution in [0.5, 0.6) is 0 Å². The minimum Gasteiger partial charge on any atom is -0.354 e. The number of aryl methyl sites for hydroxylation is 1. The Kier molecular flexibility index (Phi) is 6.42. The molecule has 4 rings (SSSR count). The molecule has 0 radical (unpaired) electrons. The molecule has 1 fully saturated rings. The van der Waals surface area contributed by atoms with E-state index < -0.39 is 0 Å². The third-order valence-electron chi connectivity index (χ3n) is 5.55. The molecule has 1 saturated carbocycles. The van der Waals surface area contributed by atoms with Gasteiger partial charge < -0.3 is 10.6 Å². The van der Waals surface area contributed by atoms with Crippen LogP contribution in [0, 0.1) is 12.8 Å². The van der Waals surface area contributed by atoms with Crippen LogP contribution in [0.4, 0.5) is 0 Å². The number of fused-ring (bicyclic) bond motifs is 1. The van der Waals surface area contributed by atoms with Crippen LogP contribution in [-0.4, -0.2) is 39.7 Å². The van der Waals surface area contributed by atoms with Crippen molar-refractivity contribution in [1.82, 2.24) is 25.4 Å². The lowest BCUT2D eigenvalue weighted by Gasteiger charge is -2.20. The number of pyridine rings is 1. The van der Waals surface area contributed by atoms with E-state index in [9.17, 15) is 9.59 Å². The molecule has 2 N–H and O–H groups in total. The van der Waals surface area contributed by atoms with Gasteiger partial charge in [-0.2, -0.15) is 5.10 Å². The van der Waals surface area contributed by atoms with E-state index >= 15 is 0 Å². The van der Waals surface area contributed by atoms with E-state index in [1.54, 1.807) is 23.6 Å². The molecule has 1 aliphatic rings. The van der Waals surface area contributed by atoms with Crippen LogP contribution >= 0.6 is 11.3 Å². The number of carbonyl (C=O) groups excluding carboxylic acids is 2. The zero-order valence-corrected chi connectivity index (χ0v) is 18.0. The number of nitrogens with one attached hydrogen (secondary N) is 2. The topological polar surface area (TPSA) is 88.9 Å². The highest BCUT2D eigenvalue weighted by molar-refractivity contribution is 7.09. The largest absolute Gasteiger partial charge is 0.354 e. The Labute approximate surface area is 179 Å². The Balaban J connectivity index is 1.38. The van der Waals surface area contributed by atoms with E-state index in [0.717, 1.165) is 36.8 Å². The maximum atomic E-state index is 12.8. The highest BCUT2D eigenvalue weighted by Gasteiger charge is 2.21. The second-order valence-corrected chi connectivity index (χ2v) is 8.84. The van der Waals surface area contributed by atoms with Crippen LogP contribution in [0.1, 0.15) is 53.0 Å². The van der Waals surface area contributed by atoms with Crippen LogP contribution in [0.2, 0.25) is 0 Å². The third kappa shape index (κ3) is 4.70. The number of nitrogens with zero attached hydrogens (tertiary/aromatic N) is 3. The summed E-state index contributed by atoms with van der Waals surface area (Å²) in [7, 11) is 0. The van der Waals surface area contributed by atoms with Crippen molar-refractivity contribution in [2.75, 3.05) is 13.1 Å². The lowest BCUT2D eigenvalue weighted by Crippen LogP contribution is -2.38. The van der Waals surface area contributed by atoms with E-state index in [2.05, 4.69) is 26.8 Å². The summed E-state index contributed by atoms with van der Waals surface area (Å²) in [6.07, 6.45) is 7.14. The van der Waals surface area contributed by atoms with Gasteiger partial charge in [-0.3, -0.25) is 9.59 Å². The van der Waals surface area contributed by atoms with Gasteiger partial charge in [-0.1, -0.05) is 25.3 Å². The first-order valence-electron chi connectivity index (χ1n) is 10.5. The zero-order valence-electron chi connectivity index (χ0n) is 17.2. The van der Waals surface area contributed by atoms with Gasteiger partial charge in [-0.05, 0) is 37.3 Å². The van der Waals surface area contributed by atoms with E-state index in [4.69, 9.17) is 0 Å². The zero-order chi connectivity index (χ0) is 20.9. The van der Waals surface area contributed by atoms with Crippen LogP contribution in [-0.2, 0) is 11.3 Å². The molecule has 0 bridgehead atoms. The molecule has 1 aliphatic carbocycles. The molecule has 0 unspecified atom stereocenters. The first kappa shape index (κ1) is 20.5. The normalized spacial score (nSPS) is 14.7. The molecule has 8 heteroatoms. The van der Waals surface area contributed by atoms with Crippen molar-refractivity contribution in [3.05, 3.63) is 45.9 Å². The first-order valence-corrected chi connectivity index (χ1v) is 11.4. The maximum absolute atomic E-state index is 12.8. The fourth-order valence-electron chi connectivity index (χ4n) is 3.99. The predicted octanol–water partition coefficient (Wildman–Crippen LogP) is 3.28. The number of hydrogen-bond acceptors (Lipinski definition) is 5. The third-order valence-corrected chi connectivity index (χ3v) is 6.41. The van der Waals surface area contributed by atoms with Crippen molar-refractivity contribution in [2.45, 2.75) is 45.6 Å². The summed E-state index contributed by atoms with van der Waals surface area (Å²) in [6.45, 7) is 3.34. The standard InChI is InChI=1S/C22H27N5O2S/c1-15-12-18(19-13-25-27(20(19)26-15)14-17-8-5-11-30-17)22(29)24-10-9-23-21(28)16-6-3-2-4-7-16/h5,8,11-13,16H,2-4,6-7,9-10,14H2,1H3,(H,23,28)(H,24,29). The van der Waals surface area contributed by atoms with Gasteiger partial charge in [0.1, 0.15) is 0 Å². The van der Waals surface area contributed by atoms with Gasteiger partial charge in [0.05, 0.1) is 23.7 Å². The SMILES string of the molecule is Cc1cc(C(=O)NCCNC(=O)C2CCCCC2)c2cnn(Cc3cccs3)c2n1. The summed E-state index contributed by atoms with van der Waals surface area (Å²) in [6, 6.07) is 5.86. The van der Waals surface area contributed by atoms with Crippen LogP contribution in [0.15, 0.2) is 29.8 Å². The number of amides is 2. The van der Waals surface area contributed by atoms with Gasteiger partial charge in [-0.15, -0.1) is 11.3 Å². The summed E-state index contributed by atoms with van der Waals surface area (Å²) in [5.74, 6) is 0.0696. The van der Waals surface area contributed by atoms with Gasteiger partial charge in [-0.25, -0.2) is 9.67 Å². The van der Waals surface area contributed by atoms with Crippen LogP contribution in [0.25, 0.3) is 11.0 Å². The van der Waals surface area contributed by atoms with Crippen molar-refractivity contribution in [2.24, 2.45) is 5.92 Å². The average Bonchev–Trinajstić information content (AvgIpc) is 3.41. The minimum absolute atomic E-state index is 0.112. The molecule has 0 aliphatic heterocycles. The minimum atomic E-state index is -0.173. The molecular weight excluding hydrogens is 398 g/mol. The van der Waals surface area contributed by atoms with Crippen molar-refractivity contribution in [3.8, 4) is 0 Å². The van der Waals surface area contributed by atoms with E-state index in [1.165, 1.54) is 11.3 Å². The van der Waals surface area contributed by atoms with Crippen molar-refractivity contribution in [1.29, 1.82) is 0 Å². The molecule has 0 spiro atoms. The van der Waals surface area contributed by atoms with Gasteiger partial charge in [0, 0.05) is 29.6 Å². The number of carbonyl (C=O) groups is 2. The lowest BCUT2D eigenvalue weighted by molar-refractivity contribution is -0.125. The van der Waals surface area contributed by atoms with E-state index in [-0.39, 0.29) is 17.7 Å². The fourth-order valence-corrected chi connectivity index (χ4v) is 4.68. The quantitative estimate of drug-likeness (QED) is 0.569. The Hall–Kier alpha value is -2.74. The Morgan fingerprint density at radius 2 is 2.00 bits per heavy atom. The molecular formula is C22H27N5O2S. The van der Waals surface area contributed by atoms with Crippen molar-refractivity contribution < 1.29 is 9.59 Å².